The van der Waals surface area contributed by atoms with Gasteiger partial charge in [0.25, 0.3) is 21.8 Å². The number of carbonyl (C=O) groups excluding carboxylic acids is 2. The van der Waals surface area contributed by atoms with Crippen LogP contribution < -0.4 is 4.31 Å². The Balaban J connectivity index is 1.48. The zero-order valence-corrected chi connectivity index (χ0v) is 17.7. The van der Waals surface area contributed by atoms with Crippen molar-refractivity contribution in [2.24, 2.45) is 0 Å². The van der Waals surface area contributed by atoms with Crippen molar-refractivity contribution in [2.75, 3.05) is 17.4 Å². The van der Waals surface area contributed by atoms with Gasteiger partial charge >= 0.3 is 0 Å². The molecule has 7 nitrogen and oxygen atoms in total. The number of rotatable bonds is 7. The SMILES string of the molecule is CCN(c1ccccc1)S(=O)(=O)c1ccc(CCN2C(=O)c3cccnc3C2=O)cc1. The van der Waals surface area contributed by atoms with Gasteiger partial charge in [0.1, 0.15) is 5.69 Å². The van der Waals surface area contributed by atoms with Crippen LogP contribution in [-0.4, -0.2) is 43.2 Å². The van der Waals surface area contributed by atoms with Crippen molar-refractivity contribution >= 4 is 27.5 Å². The fourth-order valence-electron chi connectivity index (χ4n) is 3.60. The van der Waals surface area contributed by atoms with Crippen LogP contribution in [0.1, 0.15) is 33.3 Å². The van der Waals surface area contributed by atoms with Crippen LogP contribution in [0, 0.1) is 0 Å². The summed E-state index contributed by atoms with van der Waals surface area (Å²) in [7, 11) is -3.70. The first-order chi connectivity index (χ1) is 14.9. The Hall–Kier alpha value is -3.52. The van der Waals surface area contributed by atoms with Crippen LogP contribution in [-0.2, 0) is 16.4 Å². The highest BCUT2D eigenvalue weighted by Gasteiger charge is 2.36. The second kappa shape index (κ2) is 8.31. The summed E-state index contributed by atoms with van der Waals surface area (Å²) in [4.78, 5) is 30.2. The first kappa shape index (κ1) is 20.7. The van der Waals surface area contributed by atoms with E-state index in [1.54, 1.807) is 67.6 Å². The fraction of sp³-hybridized carbons (Fsp3) is 0.174. The molecular formula is C23H21N3O4S. The van der Waals surface area contributed by atoms with Crippen LogP contribution in [0.15, 0.2) is 77.8 Å². The standard InChI is InChI=1S/C23H21N3O4S/c1-2-26(18-7-4-3-5-8-18)31(29,30)19-12-10-17(11-13-19)14-16-25-22(27)20-9-6-15-24-21(20)23(25)28/h3-13,15H,2,14,16H2,1H3. The summed E-state index contributed by atoms with van der Waals surface area (Å²) >= 11 is 0. The van der Waals surface area contributed by atoms with Gasteiger partial charge in [-0.05, 0) is 55.3 Å². The molecule has 0 saturated carbocycles. The molecule has 0 bridgehead atoms. The number of imide groups is 1. The van der Waals surface area contributed by atoms with Crippen molar-refractivity contribution in [2.45, 2.75) is 18.2 Å². The number of hydrogen-bond donors (Lipinski definition) is 0. The highest BCUT2D eigenvalue weighted by molar-refractivity contribution is 7.92. The topological polar surface area (TPSA) is 87.7 Å². The van der Waals surface area contributed by atoms with E-state index in [9.17, 15) is 18.0 Å². The molecule has 0 saturated heterocycles. The van der Waals surface area contributed by atoms with Crippen LogP contribution in [0.2, 0.25) is 0 Å². The van der Waals surface area contributed by atoms with Gasteiger partial charge in [-0.15, -0.1) is 0 Å². The average molecular weight is 436 g/mol. The first-order valence-corrected chi connectivity index (χ1v) is 11.4. The van der Waals surface area contributed by atoms with Crippen LogP contribution >= 0.6 is 0 Å². The van der Waals surface area contributed by atoms with Gasteiger partial charge < -0.3 is 0 Å². The van der Waals surface area contributed by atoms with E-state index >= 15 is 0 Å². The van der Waals surface area contributed by atoms with Gasteiger partial charge in [0, 0.05) is 19.3 Å². The van der Waals surface area contributed by atoms with Gasteiger partial charge in [0.2, 0.25) is 0 Å². The van der Waals surface area contributed by atoms with Crippen molar-refractivity contribution in [1.82, 2.24) is 9.88 Å². The van der Waals surface area contributed by atoms with Gasteiger partial charge in [-0.1, -0.05) is 30.3 Å². The van der Waals surface area contributed by atoms with E-state index in [0.29, 0.717) is 24.2 Å². The minimum Gasteiger partial charge on any atom is -0.273 e. The minimum atomic E-state index is -3.70. The third-order valence-corrected chi connectivity index (χ3v) is 7.12. The maximum atomic E-state index is 13.1. The molecule has 8 heteroatoms. The number of para-hydroxylation sites is 1. The third-order valence-electron chi connectivity index (χ3n) is 5.20. The number of amides is 2. The number of anilines is 1. The minimum absolute atomic E-state index is 0.175. The molecule has 0 aliphatic carbocycles. The smallest absolute Gasteiger partial charge is 0.273 e. The second-order valence-corrected chi connectivity index (χ2v) is 8.92. The lowest BCUT2D eigenvalue weighted by Gasteiger charge is -2.23. The van der Waals surface area contributed by atoms with Crippen molar-refractivity contribution < 1.29 is 18.0 Å². The number of aromatic nitrogens is 1. The van der Waals surface area contributed by atoms with Crippen molar-refractivity contribution in [3.8, 4) is 0 Å². The molecule has 2 heterocycles. The summed E-state index contributed by atoms with van der Waals surface area (Å²) in [6.07, 6.45) is 1.91. The summed E-state index contributed by atoms with van der Waals surface area (Å²) in [5.74, 6) is -0.755. The fourth-order valence-corrected chi connectivity index (χ4v) is 5.07. The van der Waals surface area contributed by atoms with Crippen molar-refractivity contribution in [3.63, 3.8) is 0 Å². The number of fused-ring (bicyclic) bond motifs is 1. The number of sulfonamides is 1. The second-order valence-electron chi connectivity index (χ2n) is 7.06. The van der Waals surface area contributed by atoms with Crippen molar-refractivity contribution in [3.05, 3.63) is 89.7 Å². The molecule has 0 unspecified atom stereocenters. The molecule has 158 valence electrons. The maximum Gasteiger partial charge on any atom is 0.280 e. The molecule has 0 fully saturated rings. The highest BCUT2D eigenvalue weighted by Crippen LogP contribution is 2.24. The van der Waals surface area contributed by atoms with Crippen LogP contribution in [0.4, 0.5) is 5.69 Å². The zero-order valence-electron chi connectivity index (χ0n) is 16.9. The zero-order chi connectivity index (χ0) is 22.0. The molecular weight excluding hydrogens is 414 g/mol. The van der Waals surface area contributed by atoms with Crippen LogP contribution in [0.5, 0.6) is 0 Å². The Kier molecular flexibility index (Phi) is 5.56. The lowest BCUT2D eigenvalue weighted by Crippen LogP contribution is -2.32. The van der Waals surface area contributed by atoms with Gasteiger partial charge in [-0.2, -0.15) is 0 Å². The molecule has 31 heavy (non-hydrogen) atoms. The summed E-state index contributed by atoms with van der Waals surface area (Å²) in [6.45, 7) is 2.29. The third kappa shape index (κ3) is 3.82. The largest absolute Gasteiger partial charge is 0.280 e. The molecule has 1 aliphatic heterocycles. The molecule has 4 rings (SSSR count). The normalized spacial score (nSPS) is 13.4. The summed E-state index contributed by atoms with van der Waals surface area (Å²) in [5.41, 5.74) is 1.92. The molecule has 3 aromatic rings. The molecule has 0 N–H and O–H groups in total. The average Bonchev–Trinajstić information content (AvgIpc) is 3.04. The van der Waals surface area contributed by atoms with E-state index in [0.717, 1.165) is 5.56 Å². The number of nitrogens with zero attached hydrogens (tertiary/aromatic N) is 3. The Labute approximate surface area is 181 Å². The maximum absolute atomic E-state index is 13.1. The van der Waals surface area contributed by atoms with E-state index in [1.807, 2.05) is 6.07 Å². The molecule has 1 aliphatic rings. The van der Waals surface area contributed by atoms with Gasteiger partial charge in [-0.25, -0.2) is 8.42 Å². The van der Waals surface area contributed by atoms with Crippen molar-refractivity contribution in [1.29, 1.82) is 0 Å². The summed E-state index contributed by atoms with van der Waals surface area (Å²) in [5, 5.41) is 0. The lowest BCUT2D eigenvalue weighted by atomic mass is 10.1. The predicted octanol–water partition coefficient (Wildman–Crippen LogP) is 3.14. The Morgan fingerprint density at radius 3 is 2.26 bits per heavy atom. The molecule has 2 amide bonds. The molecule has 0 spiro atoms. The quantitative estimate of drug-likeness (QED) is 0.532. The first-order valence-electron chi connectivity index (χ1n) is 9.91. The lowest BCUT2D eigenvalue weighted by molar-refractivity contribution is 0.0654. The van der Waals surface area contributed by atoms with Gasteiger partial charge in [0.15, 0.2) is 0 Å². The molecule has 1 aromatic heterocycles. The number of carbonyl (C=O) groups is 2. The van der Waals surface area contributed by atoms with E-state index in [1.165, 1.54) is 15.4 Å². The van der Waals surface area contributed by atoms with Gasteiger partial charge in [-0.3, -0.25) is 23.8 Å². The van der Waals surface area contributed by atoms with E-state index < -0.39 is 15.9 Å². The van der Waals surface area contributed by atoms with E-state index in [-0.39, 0.29) is 23.0 Å². The molecule has 0 radical (unpaired) electrons. The Morgan fingerprint density at radius 2 is 1.61 bits per heavy atom. The number of hydrogen-bond acceptors (Lipinski definition) is 5. The van der Waals surface area contributed by atoms with Gasteiger partial charge in [0.05, 0.1) is 16.1 Å². The summed E-state index contributed by atoms with van der Waals surface area (Å²) < 4.78 is 27.5. The molecule has 0 atom stereocenters. The van der Waals surface area contributed by atoms with Crippen LogP contribution in [0.3, 0.4) is 0 Å². The van der Waals surface area contributed by atoms with E-state index in [4.69, 9.17) is 0 Å². The van der Waals surface area contributed by atoms with E-state index in [2.05, 4.69) is 4.98 Å². The number of benzene rings is 2. The molecule has 2 aromatic carbocycles. The predicted molar refractivity (Wildman–Crippen MR) is 116 cm³/mol. The Bertz CT molecular complexity index is 1190. The Morgan fingerprint density at radius 1 is 0.903 bits per heavy atom. The highest BCUT2D eigenvalue weighted by atomic mass is 32.2. The monoisotopic (exact) mass is 435 g/mol. The number of pyridine rings is 1. The summed E-state index contributed by atoms with van der Waals surface area (Å²) in [6, 6.07) is 18.7. The van der Waals surface area contributed by atoms with Crippen LogP contribution in [0.25, 0.3) is 0 Å².